The summed E-state index contributed by atoms with van der Waals surface area (Å²) >= 11 is 1.40. The quantitative estimate of drug-likeness (QED) is 0.696. The number of aryl methyl sites for hydroxylation is 1. The summed E-state index contributed by atoms with van der Waals surface area (Å²) in [4.78, 5) is 14.0. The number of nitriles is 1. The predicted molar refractivity (Wildman–Crippen MR) is 98.0 cm³/mol. The molecule has 3 N–H and O–H groups in total. The second-order valence-electron chi connectivity index (χ2n) is 5.40. The summed E-state index contributed by atoms with van der Waals surface area (Å²) in [5.41, 5.74) is 9.63. The summed E-state index contributed by atoms with van der Waals surface area (Å²) in [7, 11) is 0. The van der Waals surface area contributed by atoms with E-state index in [4.69, 9.17) is 11.0 Å². The number of nitrogens with zero attached hydrogens (tertiary/aromatic N) is 1. The zero-order valence-electron chi connectivity index (χ0n) is 13.0. The van der Waals surface area contributed by atoms with Crippen molar-refractivity contribution in [3.8, 4) is 16.5 Å². The van der Waals surface area contributed by atoms with Crippen molar-refractivity contribution < 1.29 is 4.79 Å². The molecule has 0 aliphatic heterocycles. The Bertz CT molecular complexity index is 936. The lowest BCUT2D eigenvalue weighted by atomic mass is 10.1. The zero-order chi connectivity index (χ0) is 17.1. The number of carbonyl (C=O) groups excluding carboxylic acids is 1. The highest BCUT2D eigenvalue weighted by Crippen LogP contribution is 2.32. The van der Waals surface area contributed by atoms with Gasteiger partial charge in [0, 0.05) is 10.4 Å². The highest BCUT2D eigenvalue weighted by atomic mass is 32.1. The Morgan fingerprint density at radius 2 is 1.88 bits per heavy atom. The Morgan fingerprint density at radius 1 is 1.12 bits per heavy atom. The van der Waals surface area contributed by atoms with Gasteiger partial charge in [-0.25, -0.2) is 0 Å². The van der Waals surface area contributed by atoms with Crippen molar-refractivity contribution in [3.63, 3.8) is 0 Å². The van der Waals surface area contributed by atoms with Gasteiger partial charge in [-0.1, -0.05) is 23.8 Å². The van der Waals surface area contributed by atoms with E-state index in [1.54, 1.807) is 24.3 Å². The second kappa shape index (κ2) is 6.57. The van der Waals surface area contributed by atoms with Crippen LogP contribution in [0.4, 0.5) is 11.4 Å². The molecule has 0 bridgehead atoms. The van der Waals surface area contributed by atoms with E-state index < -0.39 is 0 Å². The van der Waals surface area contributed by atoms with Crippen LogP contribution < -0.4 is 11.1 Å². The van der Waals surface area contributed by atoms with E-state index in [0.717, 1.165) is 16.0 Å². The minimum atomic E-state index is -0.206. The van der Waals surface area contributed by atoms with Gasteiger partial charge in [0.25, 0.3) is 5.91 Å². The molecule has 0 atom stereocenters. The molecule has 0 radical (unpaired) electrons. The highest BCUT2D eigenvalue weighted by molar-refractivity contribution is 7.16. The molecule has 1 aromatic heterocycles. The average Bonchev–Trinajstić information content (AvgIpc) is 3.06. The molecular weight excluding hydrogens is 318 g/mol. The number of nitrogen functional groups attached to an aromatic ring is 1. The van der Waals surface area contributed by atoms with Crippen molar-refractivity contribution in [2.45, 2.75) is 6.92 Å². The molecular formula is C19H15N3OS. The smallest absolute Gasteiger partial charge is 0.255 e. The van der Waals surface area contributed by atoms with Crippen LogP contribution in [0, 0.1) is 18.3 Å². The maximum atomic E-state index is 12.4. The molecule has 3 rings (SSSR count). The fourth-order valence-corrected chi connectivity index (χ4v) is 3.07. The molecule has 24 heavy (non-hydrogen) atoms. The van der Waals surface area contributed by atoms with Gasteiger partial charge in [-0.15, -0.1) is 11.3 Å². The summed E-state index contributed by atoms with van der Waals surface area (Å²) in [6.45, 7) is 1.97. The fraction of sp³-hybridized carbons (Fsp3) is 0.0526. The number of carbonyl (C=O) groups is 1. The molecule has 0 aliphatic rings. The van der Waals surface area contributed by atoms with Crippen LogP contribution in [-0.4, -0.2) is 5.91 Å². The lowest BCUT2D eigenvalue weighted by molar-refractivity contribution is 0.102. The second-order valence-corrected chi connectivity index (χ2v) is 6.48. The monoisotopic (exact) mass is 333 g/mol. The van der Waals surface area contributed by atoms with Crippen molar-refractivity contribution in [1.29, 1.82) is 5.26 Å². The van der Waals surface area contributed by atoms with Crippen LogP contribution in [0.5, 0.6) is 0 Å². The van der Waals surface area contributed by atoms with E-state index in [-0.39, 0.29) is 5.91 Å². The minimum Gasteiger partial charge on any atom is -0.397 e. The largest absolute Gasteiger partial charge is 0.397 e. The fourth-order valence-electron chi connectivity index (χ4n) is 2.27. The van der Waals surface area contributed by atoms with Crippen LogP contribution in [0.25, 0.3) is 10.4 Å². The third-order valence-electron chi connectivity index (χ3n) is 3.62. The summed E-state index contributed by atoms with van der Waals surface area (Å²) in [5, 5.41) is 11.8. The van der Waals surface area contributed by atoms with Gasteiger partial charge in [0.15, 0.2) is 0 Å². The minimum absolute atomic E-state index is 0.206. The van der Waals surface area contributed by atoms with Crippen LogP contribution in [0.2, 0.25) is 0 Å². The molecule has 5 heteroatoms. The number of amides is 1. The van der Waals surface area contributed by atoms with Gasteiger partial charge in [0.1, 0.15) is 10.9 Å². The first-order chi connectivity index (χ1) is 11.6. The number of nitrogens with one attached hydrogen (secondary N) is 1. The van der Waals surface area contributed by atoms with E-state index in [9.17, 15) is 4.79 Å². The lowest BCUT2D eigenvalue weighted by Gasteiger charge is -2.10. The summed E-state index contributed by atoms with van der Waals surface area (Å²) in [6, 6.07) is 18.6. The van der Waals surface area contributed by atoms with Crippen molar-refractivity contribution >= 4 is 28.6 Å². The van der Waals surface area contributed by atoms with Crippen LogP contribution in [0.15, 0.2) is 54.6 Å². The summed E-state index contributed by atoms with van der Waals surface area (Å²) in [5.74, 6) is -0.206. The van der Waals surface area contributed by atoms with Crippen molar-refractivity contribution in [2.24, 2.45) is 0 Å². The zero-order valence-corrected chi connectivity index (χ0v) is 13.9. The molecule has 0 aliphatic carbocycles. The predicted octanol–water partition coefficient (Wildman–Crippen LogP) is 4.43. The molecule has 0 spiro atoms. The number of hydrogen-bond donors (Lipinski definition) is 2. The molecule has 0 saturated carbocycles. The number of hydrogen-bond acceptors (Lipinski definition) is 4. The van der Waals surface area contributed by atoms with E-state index >= 15 is 0 Å². The van der Waals surface area contributed by atoms with Gasteiger partial charge in [-0.05, 0) is 48.9 Å². The molecule has 118 valence electrons. The maximum absolute atomic E-state index is 12.4. The molecule has 0 fully saturated rings. The highest BCUT2D eigenvalue weighted by Gasteiger charge is 2.10. The number of anilines is 2. The van der Waals surface area contributed by atoms with E-state index in [1.165, 1.54) is 11.3 Å². The van der Waals surface area contributed by atoms with Crippen molar-refractivity contribution in [1.82, 2.24) is 0 Å². The molecule has 0 saturated heterocycles. The van der Waals surface area contributed by atoms with E-state index in [2.05, 4.69) is 11.4 Å². The van der Waals surface area contributed by atoms with Crippen LogP contribution in [0.1, 0.15) is 20.8 Å². The van der Waals surface area contributed by atoms with Gasteiger partial charge < -0.3 is 11.1 Å². The van der Waals surface area contributed by atoms with Crippen LogP contribution in [0.3, 0.4) is 0 Å². The van der Waals surface area contributed by atoms with Gasteiger partial charge in [-0.2, -0.15) is 5.26 Å². The first kappa shape index (κ1) is 15.8. The Labute approximate surface area is 144 Å². The standard InChI is InChI=1S/C19H15N3OS/c1-12-2-4-13(5-3-12)19(23)22-17-10-14(6-8-16(17)21)18-9-7-15(11-20)24-18/h2-10H,21H2,1H3,(H,22,23). The Kier molecular flexibility index (Phi) is 4.32. The van der Waals surface area contributed by atoms with E-state index in [0.29, 0.717) is 21.8 Å². The normalized spacial score (nSPS) is 10.2. The molecule has 3 aromatic rings. The van der Waals surface area contributed by atoms with Gasteiger partial charge in [0.2, 0.25) is 0 Å². The van der Waals surface area contributed by atoms with Gasteiger partial charge >= 0.3 is 0 Å². The Balaban J connectivity index is 1.87. The topological polar surface area (TPSA) is 78.9 Å². The number of rotatable bonds is 3. The lowest BCUT2D eigenvalue weighted by Crippen LogP contribution is -2.13. The Morgan fingerprint density at radius 3 is 2.54 bits per heavy atom. The van der Waals surface area contributed by atoms with Gasteiger partial charge in [-0.3, -0.25) is 4.79 Å². The summed E-state index contributed by atoms with van der Waals surface area (Å²) < 4.78 is 0. The van der Waals surface area contributed by atoms with Crippen LogP contribution >= 0.6 is 11.3 Å². The molecule has 0 unspecified atom stereocenters. The molecule has 4 nitrogen and oxygen atoms in total. The third kappa shape index (κ3) is 3.29. The number of thiophene rings is 1. The molecule has 1 amide bonds. The van der Waals surface area contributed by atoms with Crippen LogP contribution in [-0.2, 0) is 0 Å². The van der Waals surface area contributed by atoms with Gasteiger partial charge in [0.05, 0.1) is 11.4 Å². The Hall–Kier alpha value is -3.10. The van der Waals surface area contributed by atoms with Crippen molar-refractivity contribution in [3.05, 3.63) is 70.6 Å². The number of benzene rings is 2. The SMILES string of the molecule is Cc1ccc(C(=O)Nc2cc(-c3ccc(C#N)s3)ccc2N)cc1. The maximum Gasteiger partial charge on any atom is 0.255 e. The first-order valence-electron chi connectivity index (χ1n) is 7.34. The molecule has 1 heterocycles. The van der Waals surface area contributed by atoms with E-state index in [1.807, 2.05) is 37.3 Å². The average molecular weight is 333 g/mol. The molecule has 2 aromatic carbocycles. The third-order valence-corrected chi connectivity index (χ3v) is 4.65. The van der Waals surface area contributed by atoms with Crippen molar-refractivity contribution in [2.75, 3.05) is 11.1 Å². The first-order valence-corrected chi connectivity index (χ1v) is 8.16. The summed E-state index contributed by atoms with van der Waals surface area (Å²) in [6.07, 6.45) is 0. The number of nitrogens with two attached hydrogens (primary N) is 1.